The van der Waals surface area contributed by atoms with E-state index in [-0.39, 0.29) is 5.69 Å². The van der Waals surface area contributed by atoms with Crippen LogP contribution in [0.1, 0.15) is 27.4 Å². The lowest BCUT2D eigenvalue weighted by molar-refractivity contribution is -0.384. The van der Waals surface area contributed by atoms with E-state index >= 15 is 0 Å². The summed E-state index contributed by atoms with van der Waals surface area (Å²) in [6.45, 7) is 2.42. The lowest BCUT2D eigenvalue weighted by Crippen LogP contribution is -2.04. The first-order valence-electron chi connectivity index (χ1n) is 6.60. The number of thiophene rings is 1. The Hall–Kier alpha value is -1.95. The molecule has 0 saturated heterocycles. The Labute approximate surface area is 120 Å². The lowest BCUT2D eigenvalue weighted by Gasteiger charge is -2.05. The summed E-state index contributed by atoms with van der Waals surface area (Å²) < 4.78 is 0. The maximum absolute atomic E-state index is 11.0. The lowest BCUT2D eigenvalue weighted by atomic mass is 10.2. The van der Waals surface area contributed by atoms with Crippen LogP contribution in [0.3, 0.4) is 0 Å². The van der Waals surface area contributed by atoms with Crippen LogP contribution < -0.4 is 5.32 Å². The van der Waals surface area contributed by atoms with Gasteiger partial charge in [0.25, 0.3) is 0 Å². The summed E-state index contributed by atoms with van der Waals surface area (Å²) in [4.78, 5) is 17.5. The molecule has 0 fully saturated rings. The number of pyridine rings is 1. The first-order chi connectivity index (χ1) is 9.63. The van der Waals surface area contributed by atoms with Crippen LogP contribution in [0.25, 0.3) is 0 Å². The van der Waals surface area contributed by atoms with E-state index in [0.29, 0.717) is 12.4 Å². The van der Waals surface area contributed by atoms with Gasteiger partial charge in [-0.2, -0.15) is 0 Å². The second-order valence-electron chi connectivity index (χ2n) is 4.95. The maximum atomic E-state index is 11.0. The zero-order valence-electron chi connectivity index (χ0n) is 11.2. The Balaban J connectivity index is 1.77. The van der Waals surface area contributed by atoms with Gasteiger partial charge in [0.1, 0.15) is 0 Å². The molecule has 104 valence electrons. The molecule has 1 aliphatic carbocycles. The van der Waals surface area contributed by atoms with Gasteiger partial charge in [-0.05, 0) is 43.9 Å². The largest absolute Gasteiger partial charge is 0.359 e. The first kappa shape index (κ1) is 13.1. The van der Waals surface area contributed by atoms with Crippen molar-refractivity contribution in [3.63, 3.8) is 0 Å². The minimum atomic E-state index is -0.400. The molecule has 1 N–H and O–H groups in total. The molecule has 2 heterocycles. The summed E-state index contributed by atoms with van der Waals surface area (Å²) in [5, 5.41) is 14.1. The molecule has 2 aromatic heterocycles. The second-order valence-corrected chi connectivity index (χ2v) is 6.17. The van der Waals surface area contributed by atoms with E-state index in [1.54, 1.807) is 17.4 Å². The van der Waals surface area contributed by atoms with Gasteiger partial charge in [0.05, 0.1) is 11.5 Å². The average molecular weight is 289 g/mol. The molecule has 1 aliphatic rings. The molecule has 0 aromatic carbocycles. The SMILES string of the molecule is Cc1ccc([N+](=O)[O-])c(NCc2cc3c(s2)CCC3)n1. The summed E-state index contributed by atoms with van der Waals surface area (Å²) in [6, 6.07) is 5.36. The van der Waals surface area contributed by atoms with Crippen molar-refractivity contribution in [1.82, 2.24) is 4.98 Å². The summed E-state index contributed by atoms with van der Waals surface area (Å²) in [7, 11) is 0. The Morgan fingerprint density at radius 1 is 1.45 bits per heavy atom. The van der Waals surface area contributed by atoms with E-state index in [4.69, 9.17) is 0 Å². The smallest absolute Gasteiger partial charge is 0.311 e. The number of rotatable bonds is 4. The Morgan fingerprint density at radius 3 is 3.05 bits per heavy atom. The molecule has 0 radical (unpaired) electrons. The minimum Gasteiger partial charge on any atom is -0.359 e. The van der Waals surface area contributed by atoms with E-state index in [2.05, 4.69) is 16.4 Å². The molecule has 0 unspecified atom stereocenters. The first-order valence-corrected chi connectivity index (χ1v) is 7.41. The number of nitro groups is 1. The molecule has 0 amide bonds. The predicted octanol–water partition coefficient (Wildman–Crippen LogP) is 3.46. The normalized spacial score (nSPS) is 13.2. The molecule has 20 heavy (non-hydrogen) atoms. The van der Waals surface area contributed by atoms with E-state index in [0.717, 1.165) is 12.1 Å². The number of hydrogen-bond acceptors (Lipinski definition) is 5. The predicted molar refractivity (Wildman–Crippen MR) is 79.3 cm³/mol. The Kier molecular flexibility index (Phi) is 3.40. The van der Waals surface area contributed by atoms with Gasteiger partial charge < -0.3 is 5.32 Å². The van der Waals surface area contributed by atoms with Crippen LogP contribution >= 0.6 is 11.3 Å². The maximum Gasteiger partial charge on any atom is 0.311 e. The number of hydrogen-bond donors (Lipinski definition) is 1. The highest BCUT2D eigenvalue weighted by atomic mass is 32.1. The van der Waals surface area contributed by atoms with Crippen molar-refractivity contribution in [2.75, 3.05) is 5.32 Å². The van der Waals surface area contributed by atoms with Crippen LogP contribution in [0.15, 0.2) is 18.2 Å². The molecule has 5 nitrogen and oxygen atoms in total. The van der Waals surface area contributed by atoms with E-state index in [1.165, 1.54) is 34.2 Å². The third-order valence-electron chi connectivity index (χ3n) is 3.44. The third-order valence-corrected chi connectivity index (χ3v) is 4.67. The van der Waals surface area contributed by atoms with Crippen LogP contribution in [-0.2, 0) is 19.4 Å². The van der Waals surface area contributed by atoms with Crippen LogP contribution in [0.4, 0.5) is 11.5 Å². The molecule has 0 spiro atoms. The molecule has 2 aromatic rings. The van der Waals surface area contributed by atoms with Crippen molar-refractivity contribution in [3.8, 4) is 0 Å². The number of fused-ring (bicyclic) bond motifs is 1. The van der Waals surface area contributed by atoms with Crippen molar-refractivity contribution in [1.29, 1.82) is 0 Å². The van der Waals surface area contributed by atoms with E-state index < -0.39 is 4.92 Å². The zero-order chi connectivity index (χ0) is 14.1. The number of aromatic nitrogens is 1. The number of nitrogens with zero attached hydrogens (tertiary/aromatic N) is 2. The standard InChI is InChI=1S/C14H15N3O2S/c1-9-5-6-12(17(18)19)14(16-9)15-8-11-7-10-3-2-4-13(10)20-11/h5-7H,2-4,8H2,1H3,(H,15,16). The molecule has 0 aliphatic heterocycles. The van der Waals surface area contributed by atoms with E-state index in [1.807, 2.05) is 6.92 Å². The van der Waals surface area contributed by atoms with Gasteiger partial charge in [-0.25, -0.2) is 4.98 Å². The van der Waals surface area contributed by atoms with Gasteiger partial charge in [-0.1, -0.05) is 0 Å². The van der Waals surface area contributed by atoms with Crippen LogP contribution in [0.2, 0.25) is 0 Å². The zero-order valence-corrected chi connectivity index (χ0v) is 12.0. The van der Waals surface area contributed by atoms with Gasteiger partial charge >= 0.3 is 5.69 Å². The van der Waals surface area contributed by atoms with Crippen LogP contribution in [0, 0.1) is 17.0 Å². The fraction of sp³-hybridized carbons (Fsp3) is 0.357. The fourth-order valence-corrected chi connectivity index (χ4v) is 3.68. The van der Waals surface area contributed by atoms with Gasteiger partial charge in [-0.15, -0.1) is 11.3 Å². The molecule has 0 saturated carbocycles. The number of nitrogens with one attached hydrogen (secondary N) is 1. The van der Waals surface area contributed by atoms with Crippen molar-refractivity contribution in [2.45, 2.75) is 32.7 Å². The quantitative estimate of drug-likeness (QED) is 0.691. The highest BCUT2D eigenvalue weighted by molar-refractivity contribution is 7.12. The number of aryl methyl sites for hydroxylation is 3. The van der Waals surface area contributed by atoms with Crippen molar-refractivity contribution < 1.29 is 4.92 Å². The van der Waals surface area contributed by atoms with Crippen LogP contribution in [-0.4, -0.2) is 9.91 Å². The van der Waals surface area contributed by atoms with E-state index in [9.17, 15) is 10.1 Å². The highest BCUT2D eigenvalue weighted by Crippen LogP contribution is 2.31. The Bertz CT molecular complexity index is 645. The van der Waals surface area contributed by atoms with Crippen molar-refractivity contribution >= 4 is 22.8 Å². The van der Waals surface area contributed by atoms with Gasteiger partial charge in [0, 0.05) is 21.5 Å². The van der Waals surface area contributed by atoms with Crippen LogP contribution in [0.5, 0.6) is 0 Å². The third kappa shape index (κ3) is 2.51. The Morgan fingerprint density at radius 2 is 2.30 bits per heavy atom. The second kappa shape index (κ2) is 5.20. The molecule has 3 rings (SSSR count). The summed E-state index contributed by atoms with van der Waals surface area (Å²) >= 11 is 1.80. The molecule has 6 heteroatoms. The average Bonchev–Trinajstić information content (AvgIpc) is 2.96. The van der Waals surface area contributed by atoms with Crippen molar-refractivity contribution in [2.24, 2.45) is 0 Å². The molecular weight excluding hydrogens is 274 g/mol. The topological polar surface area (TPSA) is 68.1 Å². The van der Waals surface area contributed by atoms with Gasteiger partial charge in [0.2, 0.25) is 5.82 Å². The van der Waals surface area contributed by atoms with Gasteiger partial charge in [-0.3, -0.25) is 10.1 Å². The fourth-order valence-electron chi connectivity index (χ4n) is 2.48. The minimum absolute atomic E-state index is 0.0275. The molecule has 0 atom stereocenters. The summed E-state index contributed by atoms with van der Waals surface area (Å²) in [5.74, 6) is 0.351. The molecule has 0 bridgehead atoms. The van der Waals surface area contributed by atoms with Gasteiger partial charge in [0.15, 0.2) is 0 Å². The summed E-state index contributed by atoms with van der Waals surface area (Å²) in [6.07, 6.45) is 3.58. The summed E-state index contributed by atoms with van der Waals surface area (Å²) in [5.41, 5.74) is 2.24. The monoisotopic (exact) mass is 289 g/mol. The van der Waals surface area contributed by atoms with Crippen molar-refractivity contribution in [3.05, 3.63) is 49.3 Å². The highest BCUT2D eigenvalue weighted by Gasteiger charge is 2.17. The molecular formula is C14H15N3O2S. The number of anilines is 1.